The van der Waals surface area contributed by atoms with Crippen LogP contribution in [0.5, 0.6) is 0 Å². The standard InChI is InChI=1S/C11H9FN4O4/c1-7-13-5-11(16(19)20)14(7)6-8-9(12)3-2-4-10(8)15(17)18/h2-5H,6H2,1H3. The molecular weight excluding hydrogens is 271 g/mol. The third kappa shape index (κ3) is 2.32. The van der Waals surface area contributed by atoms with Gasteiger partial charge in [-0.1, -0.05) is 6.07 Å². The molecule has 0 amide bonds. The second kappa shape index (κ2) is 5.03. The Hall–Kier alpha value is -2.84. The minimum atomic E-state index is -0.790. The Labute approximate surface area is 111 Å². The lowest BCUT2D eigenvalue weighted by atomic mass is 10.1. The fourth-order valence-corrected chi connectivity index (χ4v) is 1.83. The summed E-state index contributed by atoms with van der Waals surface area (Å²) in [4.78, 5) is 24.1. The van der Waals surface area contributed by atoms with Crippen LogP contribution in [0.25, 0.3) is 0 Å². The van der Waals surface area contributed by atoms with Gasteiger partial charge in [-0.25, -0.2) is 13.9 Å². The van der Waals surface area contributed by atoms with Crippen LogP contribution in [0.15, 0.2) is 24.4 Å². The second-order valence-corrected chi connectivity index (χ2v) is 4.00. The molecule has 0 N–H and O–H groups in total. The molecule has 0 atom stereocenters. The fraction of sp³-hybridized carbons (Fsp3) is 0.182. The van der Waals surface area contributed by atoms with Gasteiger partial charge in [-0.05, 0) is 11.0 Å². The summed E-state index contributed by atoms with van der Waals surface area (Å²) in [6, 6.07) is 3.43. The van der Waals surface area contributed by atoms with Gasteiger partial charge in [-0.15, -0.1) is 0 Å². The summed E-state index contributed by atoms with van der Waals surface area (Å²) in [5.41, 5.74) is -0.644. The van der Waals surface area contributed by atoms with Crippen LogP contribution in [0.2, 0.25) is 0 Å². The Bertz CT molecular complexity index is 698. The van der Waals surface area contributed by atoms with E-state index in [4.69, 9.17) is 0 Å². The second-order valence-electron chi connectivity index (χ2n) is 4.00. The molecule has 0 aliphatic heterocycles. The molecule has 20 heavy (non-hydrogen) atoms. The number of halogens is 1. The highest BCUT2D eigenvalue weighted by atomic mass is 19.1. The first-order chi connectivity index (χ1) is 9.41. The van der Waals surface area contributed by atoms with Gasteiger partial charge in [0.2, 0.25) is 0 Å². The maximum Gasteiger partial charge on any atom is 0.343 e. The zero-order chi connectivity index (χ0) is 14.9. The molecule has 8 nitrogen and oxygen atoms in total. The minimum absolute atomic E-state index is 0.221. The van der Waals surface area contributed by atoms with Gasteiger partial charge in [-0.2, -0.15) is 0 Å². The van der Waals surface area contributed by atoms with E-state index in [0.717, 1.165) is 22.9 Å². The van der Waals surface area contributed by atoms with Gasteiger partial charge in [-0.3, -0.25) is 10.1 Å². The lowest BCUT2D eigenvalue weighted by molar-refractivity contribution is -0.392. The van der Waals surface area contributed by atoms with Crippen LogP contribution >= 0.6 is 0 Å². The molecule has 104 valence electrons. The molecule has 0 bridgehead atoms. The van der Waals surface area contributed by atoms with Crippen molar-refractivity contribution in [1.29, 1.82) is 0 Å². The van der Waals surface area contributed by atoms with Crippen molar-refractivity contribution in [3.8, 4) is 0 Å². The van der Waals surface area contributed by atoms with E-state index < -0.39 is 21.4 Å². The summed E-state index contributed by atoms with van der Waals surface area (Å²) in [5, 5.41) is 21.7. The smallest absolute Gasteiger partial charge is 0.343 e. The zero-order valence-electron chi connectivity index (χ0n) is 10.3. The zero-order valence-corrected chi connectivity index (χ0v) is 10.3. The number of imidazole rings is 1. The monoisotopic (exact) mass is 280 g/mol. The van der Waals surface area contributed by atoms with E-state index in [1.54, 1.807) is 0 Å². The van der Waals surface area contributed by atoms with E-state index in [1.807, 2.05) is 0 Å². The van der Waals surface area contributed by atoms with Gasteiger partial charge in [0.1, 0.15) is 24.1 Å². The summed E-state index contributed by atoms with van der Waals surface area (Å²) >= 11 is 0. The largest absolute Gasteiger partial charge is 0.358 e. The summed E-state index contributed by atoms with van der Waals surface area (Å²) in [5.74, 6) is -0.865. The molecule has 9 heteroatoms. The Morgan fingerprint density at radius 3 is 2.60 bits per heavy atom. The lowest BCUT2D eigenvalue weighted by Crippen LogP contribution is -2.09. The van der Waals surface area contributed by atoms with Crippen molar-refractivity contribution in [3.05, 3.63) is 61.8 Å². The summed E-state index contributed by atoms with van der Waals surface area (Å²) < 4.78 is 14.9. The van der Waals surface area contributed by atoms with Crippen LogP contribution < -0.4 is 0 Å². The maximum absolute atomic E-state index is 13.8. The van der Waals surface area contributed by atoms with Crippen molar-refractivity contribution in [2.24, 2.45) is 0 Å². The van der Waals surface area contributed by atoms with Crippen LogP contribution in [0.4, 0.5) is 15.9 Å². The number of hydrogen-bond acceptors (Lipinski definition) is 5. The van der Waals surface area contributed by atoms with Gasteiger partial charge in [0, 0.05) is 13.0 Å². The first-order valence-corrected chi connectivity index (χ1v) is 5.50. The predicted molar refractivity (Wildman–Crippen MR) is 65.8 cm³/mol. The topological polar surface area (TPSA) is 104 Å². The van der Waals surface area contributed by atoms with Crippen LogP contribution in [0.1, 0.15) is 11.4 Å². The molecule has 2 aromatic rings. The van der Waals surface area contributed by atoms with Crippen LogP contribution in [-0.4, -0.2) is 19.4 Å². The Morgan fingerprint density at radius 2 is 2.00 bits per heavy atom. The van der Waals surface area contributed by atoms with E-state index in [1.165, 1.54) is 13.0 Å². The van der Waals surface area contributed by atoms with Crippen LogP contribution in [0, 0.1) is 33.0 Å². The average Bonchev–Trinajstić information content (AvgIpc) is 2.73. The number of hydrogen-bond donors (Lipinski definition) is 0. The van der Waals surface area contributed by atoms with Crippen LogP contribution in [-0.2, 0) is 6.54 Å². The predicted octanol–water partition coefficient (Wildman–Crippen LogP) is 2.20. The van der Waals surface area contributed by atoms with Crippen molar-refractivity contribution in [3.63, 3.8) is 0 Å². The molecule has 0 unspecified atom stereocenters. The average molecular weight is 280 g/mol. The van der Waals surface area contributed by atoms with E-state index in [2.05, 4.69) is 4.98 Å². The number of nitro groups is 2. The third-order valence-corrected chi connectivity index (χ3v) is 2.83. The van der Waals surface area contributed by atoms with Crippen molar-refractivity contribution < 1.29 is 14.2 Å². The molecule has 0 saturated carbocycles. The maximum atomic E-state index is 13.8. The molecule has 0 saturated heterocycles. The van der Waals surface area contributed by atoms with Gasteiger partial charge < -0.3 is 10.1 Å². The summed E-state index contributed by atoms with van der Waals surface area (Å²) in [6.45, 7) is 1.17. The molecule has 0 aliphatic carbocycles. The molecule has 0 aliphatic rings. The highest BCUT2D eigenvalue weighted by Crippen LogP contribution is 2.25. The van der Waals surface area contributed by atoms with Crippen molar-refractivity contribution in [2.75, 3.05) is 0 Å². The highest BCUT2D eigenvalue weighted by Gasteiger charge is 2.24. The molecule has 0 fully saturated rings. The van der Waals surface area contributed by atoms with E-state index >= 15 is 0 Å². The highest BCUT2D eigenvalue weighted by molar-refractivity contribution is 5.42. The minimum Gasteiger partial charge on any atom is -0.358 e. The Kier molecular flexibility index (Phi) is 3.42. The summed E-state index contributed by atoms with van der Waals surface area (Å²) in [6.07, 6.45) is 1.03. The normalized spacial score (nSPS) is 10.5. The lowest BCUT2D eigenvalue weighted by Gasteiger charge is -2.05. The molecule has 1 aromatic heterocycles. The number of benzene rings is 1. The first-order valence-electron chi connectivity index (χ1n) is 5.50. The van der Waals surface area contributed by atoms with Crippen LogP contribution in [0.3, 0.4) is 0 Å². The molecular formula is C11H9FN4O4. The van der Waals surface area contributed by atoms with Crippen molar-refractivity contribution in [1.82, 2.24) is 9.55 Å². The number of nitrogens with zero attached hydrogens (tertiary/aromatic N) is 4. The fourth-order valence-electron chi connectivity index (χ4n) is 1.83. The SMILES string of the molecule is Cc1ncc([N+](=O)[O-])n1Cc1c(F)cccc1[N+](=O)[O-]. The summed E-state index contributed by atoms with van der Waals surface area (Å²) in [7, 11) is 0. The number of aryl methyl sites for hydroxylation is 1. The van der Waals surface area contributed by atoms with E-state index in [0.29, 0.717) is 0 Å². The van der Waals surface area contributed by atoms with E-state index in [9.17, 15) is 24.6 Å². The quantitative estimate of drug-likeness (QED) is 0.630. The Balaban J connectivity index is 2.53. The molecule has 0 radical (unpaired) electrons. The van der Waals surface area contributed by atoms with E-state index in [-0.39, 0.29) is 23.8 Å². The van der Waals surface area contributed by atoms with Gasteiger partial charge in [0.15, 0.2) is 5.82 Å². The van der Waals surface area contributed by atoms with Gasteiger partial charge in [0.05, 0.1) is 4.92 Å². The number of nitro benzene ring substituents is 1. The first kappa shape index (κ1) is 13.6. The molecule has 2 rings (SSSR count). The van der Waals surface area contributed by atoms with Crippen molar-refractivity contribution in [2.45, 2.75) is 13.5 Å². The molecule has 1 heterocycles. The molecule has 0 spiro atoms. The Morgan fingerprint density at radius 1 is 1.30 bits per heavy atom. The van der Waals surface area contributed by atoms with Gasteiger partial charge in [0.25, 0.3) is 5.69 Å². The molecule has 1 aromatic carbocycles. The number of aromatic nitrogens is 2. The van der Waals surface area contributed by atoms with Gasteiger partial charge >= 0.3 is 5.82 Å². The van der Waals surface area contributed by atoms with Crippen molar-refractivity contribution >= 4 is 11.5 Å². The number of rotatable bonds is 4. The third-order valence-electron chi connectivity index (χ3n) is 2.83.